The molecule has 0 aliphatic heterocycles. The first-order valence-electron chi connectivity index (χ1n) is 6.90. The van der Waals surface area contributed by atoms with E-state index in [-0.39, 0.29) is 6.10 Å². The number of rotatable bonds is 7. The van der Waals surface area contributed by atoms with Crippen LogP contribution >= 0.6 is 11.3 Å². The highest BCUT2D eigenvalue weighted by Crippen LogP contribution is 2.31. The minimum Gasteiger partial charge on any atom is -0.472 e. The summed E-state index contributed by atoms with van der Waals surface area (Å²) in [4.78, 5) is 11.1. The van der Waals surface area contributed by atoms with E-state index in [2.05, 4.69) is 28.3 Å². The van der Waals surface area contributed by atoms with Crippen molar-refractivity contribution in [2.75, 3.05) is 25.1 Å². The first kappa shape index (κ1) is 15.0. The van der Waals surface area contributed by atoms with Crippen LogP contribution in [0.2, 0.25) is 0 Å². The Kier molecular flexibility index (Phi) is 5.14. The van der Waals surface area contributed by atoms with Crippen LogP contribution in [0.4, 0.5) is 5.95 Å². The second-order valence-electron chi connectivity index (χ2n) is 4.55. The summed E-state index contributed by atoms with van der Waals surface area (Å²) in [6, 6.07) is 2.07. The lowest BCUT2D eigenvalue weighted by atomic mass is 10.3. The molecule has 2 aromatic rings. The maximum atomic E-state index is 5.92. The van der Waals surface area contributed by atoms with Crippen LogP contribution in [-0.2, 0) is 4.74 Å². The van der Waals surface area contributed by atoms with Gasteiger partial charge >= 0.3 is 0 Å². The van der Waals surface area contributed by atoms with Gasteiger partial charge in [0.25, 0.3) is 0 Å². The number of aromatic nitrogens is 2. The Morgan fingerprint density at radius 2 is 2.15 bits per heavy atom. The number of fused-ring (bicyclic) bond motifs is 1. The van der Waals surface area contributed by atoms with Crippen LogP contribution in [0.5, 0.6) is 5.88 Å². The molecule has 0 amide bonds. The number of nitrogens with zero attached hydrogens (tertiary/aromatic N) is 2. The van der Waals surface area contributed by atoms with Gasteiger partial charge in [-0.15, -0.1) is 11.3 Å². The van der Waals surface area contributed by atoms with Gasteiger partial charge in [0.05, 0.1) is 12.0 Å². The van der Waals surface area contributed by atoms with E-state index in [4.69, 9.17) is 9.47 Å². The molecular formula is C14H21N3O2S. The fourth-order valence-corrected chi connectivity index (χ4v) is 2.72. The highest BCUT2D eigenvalue weighted by Gasteiger charge is 2.14. The highest BCUT2D eigenvalue weighted by atomic mass is 32.1. The van der Waals surface area contributed by atoms with Crippen LogP contribution in [0.25, 0.3) is 10.2 Å². The third kappa shape index (κ3) is 3.58. The summed E-state index contributed by atoms with van der Waals surface area (Å²) in [6.07, 6.45) is -0.0391. The molecule has 0 fully saturated rings. The molecule has 0 aliphatic rings. The minimum atomic E-state index is -0.0391. The summed E-state index contributed by atoms with van der Waals surface area (Å²) in [5, 5.41) is 4.11. The molecule has 0 spiro atoms. The Balaban J connectivity index is 2.28. The maximum Gasteiger partial charge on any atom is 0.227 e. The normalized spacial score (nSPS) is 12.6. The topological polar surface area (TPSA) is 56.3 Å². The number of ether oxygens (including phenoxy) is 2. The molecule has 1 N–H and O–H groups in total. The third-order valence-electron chi connectivity index (χ3n) is 2.69. The molecule has 0 aromatic carbocycles. The van der Waals surface area contributed by atoms with E-state index in [1.165, 1.54) is 4.88 Å². The van der Waals surface area contributed by atoms with E-state index >= 15 is 0 Å². The zero-order chi connectivity index (χ0) is 14.5. The SMILES string of the molecule is CCNc1nc(OC(C)COCC)c2cc(C)sc2n1. The van der Waals surface area contributed by atoms with Crippen molar-refractivity contribution < 1.29 is 9.47 Å². The molecule has 0 saturated heterocycles. The average molecular weight is 295 g/mol. The van der Waals surface area contributed by atoms with E-state index in [1.54, 1.807) is 11.3 Å². The van der Waals surface area contributed by atoms with Gasteiger partial charge in [0.2, 0.25) is 11.8 Å². The maximum absolute atomic E-state index is 5.92. The van der Waals surface area contributed by atoms with Crippen molar-refractivity contribution in [1.82, 2.24) is 9.97 Å². The lowest BCUT2D eigenvalue weighted by Crippen LogP contribution is -2.20. The van der Waals surface area contributed by atoms with Gasteiger partial charge in [-0.25, -0.2) is 4.98 Å². The number of thiophene rings is 1. The zero-order valence-electron chi connectivity index (χ0n) is 12.4. The summed E-state index contributed by atoms with van der Waals surface area (Å²) in [6.45, 7) is 10.1. The second kappa shape index (κ2) is 6.85. The summed E-state index contributed by atoms with van der Waals surface area (Å²) >= 11 is 1.65. The largest absolute Gasteiger partial charge is 0.472 e. The van der Waals surface area contributed by atoms with Crippen LogP contribution < -0.4 is 10.1 Å². The second-order valence-corrected chi connectivity index (χ2v) is 5.78. The summed E-state index contributed by atoms with van der Waals surface area (Å²) in [7, 11) is 0. The van der Waals surface area contributed by atoms with Gasteiger partial charge in [0.15, 0.2) is 0 Å². The molecule has 6 heteroatoms. The Bertz CT molecular complexity index is 571. The molecule has 0 radical (unpaired) electrons. The predicted molar refractivity (Wildman–Crippen MR) is 82.9 cm³/mol. The Labute approximate surface area is 123 Å². The number of aryl methyl sites for hydroxylation is 1. The fourth-order valence-electron chi connectivity index (χ4n) is 1.85. The van der Waals surface area contributed by atoms with Crippen LogP contribution in [0.15, 0.2) is 6.07 Å². The number of hydrogen-bond donors (Lipinski definition) is 1. The number of hydrogen-bond acceptors (Lipinski definition) is 6. The predicted octanol–water partition coefficient (Wildman–Crippen LogP) is 3.24. The third-order valence-corrected chi connectivity index (χ3v) is 3.63. The van der Waals surface area contributed by atoms with Gasteiger partial charge in [0.1, 0.15) is 10.9 Å². The molecule has 2 rings (SSSR count). The van der Waals surface area contributed by atoms with Crippen LogP contribution in [0.3, 0.4) is 0 Å². The number of anilines is 1. The van der Waals surface area contributed by atoms with Gasteiger partial charge in [-0.1, -0.05) is 0 Å². The van der Waals surface area contributed by atoms with Gasteiger partial charge in [-0.3, -0.25) is 0 Å². The van der Waals surface area contributed by atoms with Gasteiger partial charge < -0.3 is 14.8 Å². The molecule has 1 unspecified atom stereocenters. The summed E-state index contributed by atoms with van der Waals surface area (Å²) < 4.78 is 11.3. The minimum absolute atomic E-state index is 0.0391. The van der Waals surface area contributed by atoms with Crippen molar-refractivity contribution in [3.63, 3.8) is 0 Å². The van der Waals surface area contributed by atoms with Crippen LogP contribution in [0, 0.1) is 6.92 Å². The van der Waals surface area contributed by atoms with Gasteiger partial charge in [0, 0.05) is 18.0 Å². The fraction of sp³-hybridized carbons (Fsp3) is 0.571. The summed E-state index contributed by atoms with van der Waals surface area (Å²) in [5.74, 6) is 1.24. The molecule has 0 saturated carbocycles. The molecule has 0 aliphatic carbocycles. The Hall–Kier alpha value is -1.40. The summed E-state index contributed by atoms with van der Waals surface area (Å²) in [5.41, 5.74) is 0. The lowest BCUT2D eigenvalue weighted by molar-refractivity contribution is 0.0643. The molecule has 0 bridgehead atoms. The molecule has 5 nitrogen and oxygen atoms in total. The van der Waals surface area contributed by atoms with Gasteiger partial charge in [-0.2, -0.15) is 4.98 Å². The molecule has 2 aromatic heterocycles. The van der Waals surface area contributed by atoms with E-state index in [1.807, 2.05) is 20.8 Å². The first-order chi connectivity index (χ1) is 9.63. The van der Waals surface area contributed by atoms with E-state index < -0.39 is 0 Å². The molecule has 2 heterocycles. The van der Waals surface area contributed by atoms with Crippen molar-refractivity contribution >= 4 is 27.5 Å². The van der Waals surface area contributed by atoms with Crippen LogP contribution in [0.1, 0.15) is 25.6 Å². The quantitative estimate of drug-likeness (QED) is 0.850. The zero-order valence-corrected chi connectivity index (χ0v) is 13.2. The molecule has 110 valence electrons. The average Bonchev–Trinajstić information content (AvgIpc) is 2.77. The number of nitrogens with one attached hydrogen (secondary N) is 1. The standard InChI is InChI=1S/C14H21N3O2S/c1-5-15-14-16-12(19-9(3)8-18-6-2)11-7-10(4)20-13(11)17-14/h7,9H,5-6,8H2,1-4H3,(H,15,16,17). The van der Waals surface area contributed by atoms with Crippen molar-refractivity contribution in [2.24, 2.45) is 0 Å². The molecule has 1 atom stereocenters. The Morgan fingerprint density at radius 3 is 2.85 bits per heavy atom. The highest BCUT2D eigenvalue weighted by molar-refractivity contribution is 7.18. The monoisotopic (exact) mass is 295 g/mol. The smallest absolute Gasteiger partial charge is 0.227 e. The van der Waals surface area contributed by atoms with E-state index in [9.17, 15) is 0 Å². The Morgan fingerprint density at radius 1 is 1.35 bits per heavy atom. The lowest BCUT2D eigenvalue weighted by Gasteiger charge is -2.15. The molecule has 20 heavy (non-hydrogen) atoms. The van der Waals surface area contributed by atoms with E-state index in [0.29, 0.717) is 25.0 Å². The first-order valence-corrected chi connectivity index (χ1v) is 7.72. The molecular weight excluding hydrogens is 274 g/mol. The van der Waals surface area contributed by atoms with Crippen LogP contribution in [-0.4, -0.2) is 35.8 Å². The van der Waals surface area contributed by atoms with Crippen molar-refractivity contribution in [1.29, 1.82) is 0 Å². The van der Waals surface area contributed by atoms with Gasteiger partial charge in [-0.05, 0) is 33.8 Å². The van der Waals surface area contributed by atoms with Crippen molar-refractivity contribution in [3.8, 4) is 5.88 Å². The van der Waals surface area contributed by atoms with Crippen molar-refractivity contribution in [3.05, 3.63) is 10.9 Å². The van der Waals surface area contributed by atoms with Crippen molar-refractivity contribution in [2.45, 2.75) is 33.8 Å². The van der Waals surface area contributed by atoms with E-state index in [0.717, 1.165) is 16.8 Å².